The Bertz CT molecular complexity index is 417. The van der Waals surface area contributed by atoms with Crippen molar-refractivity contribution in [2.75, 3.05) is 0 Å². The first-order chi connectivity index (χ1) is 7.41. The number of rotatable bonds is 0. The summed E-state index contributed by atoms with van der Waals surface area (Å²) in [6.45, 7) is 0. The van der Waals surface area contributed by atoms with Gasteiger partial charge in [0.05, 0.1) is 0 Å². The normalized spacial score (nSPS) is 10.1. The Labute approximate surface area is 115 Å². The Morgan fingerprint density at radius 2 is 0.833 bits per heavy atom. The van der Waals surface area contributed by atoms with Gasteiger partial charge in [-0.3, -0.25) is 22.1 Å². The Kier molecular flexibility index (Phi) is 18.2. The van der Waals surface area contributed by atoms with Gasteiger partial charge in [-0.2, -0.15) is 16.8 Å². The van der Waals surface area contributed by atoms with Crippen molar-refractivity contribution < 1.29 is 84.2 Å². The van der Waals surface area contributed by atoms with Crippen molar-refractivity contribution in [3.8, 4) is 0 Å². The summed E-state index contributed by atoms with van der Waals surface area (Å²) >= 11 is -2.51. The molecule has 0 aromatic rings. The summed E-state index contributed by atoms with van der Waals surface area (Å²) in [7, 11) is -15.0. The van der Waals surface area contributed by atoms with Crippen LogP contribution in [0.25, 0.3) is 0 Å². The van der Waals surface area contributed by atoms with E-state index in [0.29, 0.717) is 0 Å². The summed E-state index contributed by atoms with van der Waals surface area (Å²) in [6.07, 6.45) is 0. The molecule has 0 rings (SSSR count). The average molecular weight is 564 g/mol. The first-order valence-corrected chi connectivity index (χ1v) is 9.91. The molecule has 0 aromatic carbocycles. The Morgan fingerprint density at radius 1 is 0.833 bits per heavy atom. The van der Waals surface area contributed by atoms with Gasteiger partial charge in [-0.05, 0) is 0 Å². The fourth-order valence-electron chi connectivity index (χ4n) is 0. The van der Waals surface area contributed by atoms with E-state index in [0.717, 1.165) is 0 Å². The van der Waals surface area contributed by atoms with Crippen molar-refractivity contribution >= 4 is 31.3 Å². The van der Waals surface area contributed by atoms with Crippen molar-refractivity contribution in [2.45, 2.75) is 0 Å². The predicted molar refractivity (Wildman–Crippen MR) is 38.7 cm³/mol. The van der Waals surface area contributed by atoms with Crippen LogP contribution in [0.15, 0.2) is 0 Å². The van der Waals surface area contributed by atoms with Crippen LogP contribution in [0.4, 0.5) is 3.89 Å². The predicted octanol–water partition coefficient (Wildman–Crippen LogP) is -2.47. The van der Waals surface area contributed by atoms with Gasteiger partial charge >= 0.3 is 53.2 Å². The van der Waals surface area contributed by atoms with Gasteiger partial charge in [0, 0.05) is 10.4 Å². The van der Waals surface area contributed by atoms with Crippen molar-refractivity contribution in [3.63, 3.8) is 0 Å². The van der Waals surface area contributed by atoms with Crippen LogP contribution in [-0.4, -0.2) is 48.0 Å². The molecule has 0 aromatic heterocycles. The van der Waals surface area contributed by atoms with Crippen LogP contribution in [0.5, 0.6) is 0 Å². The monoisotopic (exact) mass is 564 g/mol. The molecule has 0 unspecified atom stereocenters. The summed E-state index contributed by atoms with van der Waals surface area (Å²) in [6, 6.07) is 0. The molecule has 3 N–H and O–H groups in total. The SMILES string of the molecule is O=S(=O)(O)F.O=S(=O)(O)O.O=S(=O)([O-])[O-].[O]=[U+2]=[O]. The van der Waals surface area contributed by atoms with Gasteiger partial charge in [0.1, 0.15) is 0 Å². The van der Waals surface area contributed by atoms with E-state index in [1.807, 2.05) is 0 Å². The molecule has 18 heteroatoms. The second-order valence-corrected chi connectivity index (χ2v) is 4.58. The zero-order valence-corrected chi connectivity index (χ0v) is 14.1. The summed E-state index contributed by atoms with van der Waals surface area (Å²) in [5.74, 6) is 0. The van der Waals surface area contributed by atoms with Crippen molar-refractivity contribution in [3.05, 3.63) is 0 Å². The Hall–Kier alpha value is 0.232. The van der Waals surface area contributed by atoms with Gasteiger partial charge in [-0.1, -0.05) is 3.89 Å². The standard InChI is InChI=1S/FHO3S.2H2O4S.2O.U/c3*1-5(2,3)4;;;/h(H,2,3,4);2*(H2,1,2,3,4);;;/q;;;;;+2/p-2. The van der Waals surface area contributed by atoms with Crippen LogP contribution in [-0.2, 0) is 35.8 Å². The van der Waals surface area contributed by atoms with E-state index in [9.17, 15) is 3.89 Å². The van der Waals surface area contributed by atoms with E-state index in [2.05, 4.69) is 0 Å². The van der Waals surface area contributed by atoms with Gasteiger partial charge in [0.2, 0.25) is 0 Å². The number of hydrogen-bond donors (Lipinski definition) is 3. The molecule has 0 saturated heterocycles. The van der Waals surface area contributed by atoms with Crippen LogP contribution < -0.4 is 0 Å². The molecule has 18 heavy (non-hydrogen) atoms. The molecule has 0 fully saturated rings. The zero-order valence-electron chi connectivity index (χ0n) is 7.53. The third kappa shape index (κ3) is 70000. The average Bonchev–Trinajstić information content (AvgIpc) is 1.71. The molecule has 0 bridgehead atoms. The Morgan fingerprint density at radius 3 is 0.833 bits per heavy atom. The van der Waals surface area contributed by atoms with E-state index in [1.54, 1.807) is 0 Å². The molecule has 0 saturated carbocycles. The number of hydrogen-bond acceptors (Lipinski definition) is 10. The molecule has 0 aliphatic carbocycles. The van der Waals surface area contributed by atoms with Gasteiger partial charge in [0.25, 0.3) is 0 Å². The second kappa shape index (κ2) is 12.3. The molecule has 110 valence electrons. The summed E-state index contributed by atoms with van der Waals surface area (Å²) < 4.78 is 117. The fourth-order valence-corrected chi connectivity index (χ4v) is 0. The summed E-state index contributed by atoms with van der Waals surface area (Å²) in [5.41, 5.74) is 0. The third-order valence-corrected chi connectivity index (χ3v) is 0. The molecule has 0 radical (unpaired) electrons. The molecular weight excluding hydrogens is 561 g/mol. The maximum absolute atomic E-state index is 10.2. The molecule has 0 aliphatic heterocycles. The van der Waals surface area contributed by atoms with Crippen LogP contribution in [0, 0.1) is 27.8 Å². The van der Waals surface area contributed by atoms with Gasteiger partial charge in [0.15, 0.2) is 0 Å². The van der Waals surface area contributed by atoms with E-state index in [1.165, 1.54) is 0 Å². The van der Waals surface area contributed by atoms with Crippen molar-refractivity contribution in [2.24, 2.45) is 0 Å². The first-order valence-electron chi connectivity index (χ1n) is 2.44. The van der Waals surface area contributed by atoms with E-state index >= 15 is 0 Å². The van der Waals surface area contributed by atoms with Crippen molar-refractivity contribution in [1.29, 1.82) is 0 Å². The molecule has 0 heterocycles. The molecule has 0 spiro atoms. The summed E-state index contributed by atoms with van der Waals surface area (Å²) in [5, 5.41) is 0. The minimum atomic E-state index is -5.17. The van der Waals surface area contributed by atoms with E-state index in [-0.39, 0.29) is 0 Å². The van der Waals surface area contributed by atoms with Crippen LogP contribution in [0.2, 0.25) is 0 Å². The van der Waals surface area contributed by atoms with Gasteiger partial charge in [-0.15, -0.1) is 0 Å². The number of halogens is 1. The van der Waals surface area contributed by atoms with Crippen LogP contribution in [0.1, 0.15) is 0 Å². The third-order valence-electron chi connectivity index (χ3n) is 0. The van der Waals surface area contributed by atoms with Crippen LogP contribution in [0.3, 0.4) is 0 Å². The minimum absolute atomic E-state index is 2.51. The molecule has 0 aliphatic rings. The van der Waals surface area contributed by atoms with E-state index < -0.39 is 59.1 Å². The van der Waals surface area contributed by atoms with Crippen molar-refractivity contribution in [1.82, 2.24) is 0 Å². The molecular formula is H3FO13S3U. The maximum atomic E-state index is 10.2. The van der Waals surface area contributed by atoms with Crippen LogP contribution >= 0.6 is 0 Å². The Balaban J connectivity index is -0.0000000739. The fraction of sp³-hybridized carbons (Fsp3) is 0. The quantitative estimate of drug-likeness (QED) is 0.157. The second-order valence-electron chi connectivity index (χ2n) is 1.35. The molecule has 0 amide bonds. The molecule has 0 atom stereocenters. The van der Waals surface area contributed by atoms with Gasteiger partial charge < -0.3 is 9.11 Å². The molecule has 13 nitrogen and oxygen atoms in total. The van der Waals surface area contributed by atoms with E-state index in [4.69, 9.17) is 52.5 Å². The topological polar surface area (TPSA) is 243 Å². The first kappa shape index (κ1) is 26.7. The van der Waals surface area contributed by atoms with Gasteiger partial charge in [-0.25, -0.2) is 0 Å². The summed E-state index contributed by atoms with van der Waals surface area (Å²) in [4.78, 5) is 0. The zero-order chi connectivity index (χ0) is 16.2.